The van der Waals surface area contributed by atoms with Crippen LogP contribution in [0.2, 0.25) is 0 Å². The highest BCUT2D eigenvalue weighted by atomic mass is 32.2. The van der Waals surface area contributed by atoms with Crippen molar-refractivity contribution >= 4 is 31.6 Å². The second kappa shape index (κ2) is 9.30. The van der Waals surface area contributed by atoms with Gasteiger partial charge in [-0.2, -0.15) is 4.31 Å². The van der Waals surface area contributed by atoms with Gasteiger partial charge in [0.15, 0.2) is 0 Å². The standard InChI is InChI=1S/C22H29N3O5S2/c1-15-7-8-17(3)21(12-15)32(29,30)25-11-5-6-18(14-25)22(26)24-20-13-19(10-9-16(20)2)31(27,28)23-4/h7-10,12-13,18,23H,5-6,11,14H2,1-4H3,(H,24,26)/t18-/m0/s1. The second-order valence-corrected chi connectivity index (χ2v) is 11.9. The number of hydrogen-bond acceptors (Lipinski definition) is 5. The first-order valence-corrected chi connectivity index (χ1v) is 13.3. The first-order valence-electron chi connectivity index (χ1n) is 10.4. The van der Waals surface area contributed by atoms with Crippen LogP contribution in [-0.2, 0) is 24.8 Å². The van der Waals surface area contributed by atoms with E-state index in [0.29, 0.717) is 36.2 Å². The van der Waals surface area contributed by atoms with Crippen LogP contribution in [0.15, 0.2) is 46.2 Å². The normalized spacial score (nSPS) is 17.8. The average molecular weight is 480 g/mol. The number of anilines is 1. The Morgan fingerprint density at radius 1 is 1.00 bits per heavy atom. The molecular formula is C22H29N3O5S2. The lowest BCUT2D eigenvalue weighted by Gasteiger charge is -2.31. The number of carbonyl (C=O) groups excluding carboxylic acids is 1. The zero-order valence-electron chi connectivity index (χ0n) is 18.7. The molecule has 0 radical (unpaired) electrons. The van der Waals surface area contributed by atoms with E-state index < -0.39 is 26.0 Å². The Hall–Kier alpha value is -2.27. The zero-order chi connectivity index (χ0) is 23.7. The summed E-state index contributed by atoms with van der Waals surface area (Å²) >= 11 is 0. The molecule has 1 aliphatic rings. The lowest BCUT2D eigenvalue weighted by molar-refractivity contribution is -0.120. The van der Waals surface area contributed by atoms with Crippen molar-refractivity contribution in [2.24, 2.45) is 5.92 Å². The van der Waals surface area contributed by atoms with Gasteiger partial charge in [-0.25, -0.2) is 21.6 Å². The van der Waals surface area contributed by atoms with E-state index in [1.165, 1.54) is 23.5 Å². The number of aryl methyl sites for hydroxylation is 3. The summed E-state index contributed by atoms with van der Waals surface area (Å²) in [6.45, 7) is 5.80. The van der Waals surface area contributed by atoms with Gasteiger partial charge in [-0.05, 0) is 75.5 Å². The molecule has 2 N–H and O–H groups in total. The minimum absolute atomic E-state index is 0.0451. The van der Waals surface area contributed by atoms with E-state index in [2.05, 4.69) is 10.0 Å². The van der Waals surface area contributed by atoms with Crippen LogP contribution in [0.1, 0.15) is 29.5 Å². The highest BCUT2D eigenvalue weighted by Crippen LogP contribution is 2.28. The summed E-state index contributed by atoms with van der Waals surface area (Å²) in [5.41, 5.74) is 2.62. The Morgan fingerprint density at radius 2 is 1.69 bits per heavy atom. The van der Waals surface area contributed by atoms with Gasteiger partial charge in [0.1, 0.15) is 0 Å². The van der Waals surface area contributed by atoms with Gasteiger partial charge < -0.3 is 5.32 Å². The fraction of sp³-hybridized carbons (Fsp3) is 0.409. The monoisotopic (exact) mass is 479 g/mol. The zero-order valence-corrected chi connectivity index (χ0v) is 20.3. The van der Waals surface area contributed by atoms with Crippen LogP contribution >= 0.6 is 0 Å². The minimum atomic E-state index is -3.73. The third kappa shape index (κ3) is 5.03. The van der Waals surface area contributed by atoms with Crippen molar-refractivity contribution in [1.82, 2.24) is 9.03 Å². The molecule has 1 amide bonds. The molecule has 10 heteroatoms. The third-order valence-electron chi connectivity index (χ3n) is 5.76. The van der Waals surface area contributed by atoms with E-state index in [9.17, 15) is 21.6 Å². The number of rotatable bonds is 6. The number of hydrogen-bond donors (Lipinski definition) is 2. The summed E-state index contributed by atoms with van der Waals surface area (Å²) in [4.78, 5) is 13.3. The van der Waals surface area contributed by atoms with E-state index >= 15 is 0 Å². The molecule has 1 atom stereocenters. The molecule has 2 aromatic carbocycles. The molecule has 0 saturated carbocycles. The minimum Gasteiger partial charge on any atom is -0.326 e. The van der Waals surface area contributed by atoms with E-state index in [0.717, 1.165) is 5.56 Å². The number of piperidine rings is 1. The van der Waals surface area contributed by atoms with Crippen molar-refractivity contribution in [3.63, 3.8) is 0 Å². The molecule has 2 aromatic rings. The number of sulfonamides is 2. The number of amides is 1. The Labute approximate surface area is 190 Å². The largest absolute Gasteiger partial charge is 0.326 e. The van der Waals surface area contributed by atoms with Gasteiger partial charge in [-0.3, -0.25) is 4.79 Å². The highest BCUT2D eigenvalue weighted by molar-refractivity contribution is 7.89. The van der Waals surface area contributed by atoms with E-state index in [-0.39, 0.29) is 22.2 Å². The van der Waals surface area contributed by atoms with Crippen LogP contribution in [0.4, 0.5) is 5.69 Å². The molecule has 1 saturated heterocycles. The smallest absolute Gasteiger partial charge is 0.243 e. The van der Waals surface area contributed by atoms with Crippen molar-refractivity contribution in [2.75, 3.05) is 25.5 Å². The second-order valence-electron chi connectivity index (χ2n) is 8.14. The highest BCUT2D eigenvalue weighted by Gasteiger charge is 2.34. The lowest BCUT2D eigenvalue weighted by atomic mass is 9.98. The maximum absolute atomic E-state index is 13.2. The van der Waals surface area contributed by atoms with Gasteiger partial charge in [0.25, 0.3) is 0 Å². The van der Waals surface area contributed by atoms with Crippen LogP contribution < -0.4 is 10.0 Å². The van der Waals surface area contributed by atoms with Gasteiger partial charge in [0, 0.05) is 18.8 Å². The molecular weight excluding hydrogens is 450 g/mol. The van der Waals surface area contributed by atoms with Gasteiger partial charge in [0.2, 0.25) is 26.0 Å². The Balaban J connectivity index is 1.81. The lowest BCUT2D eigenvalue weighted by Crippen LogP contribution is -2.43. The quantitative estimate of drug-likeness (QED) is 0.661. The summed E-state index contributed by atoms with van der Waals surface area (Å²) < 4.78 is 54.3. The predicted octanol–water partition coefficient (Wildman–Crippen LogP) is 2.56. The summed E-state index contributed by atoms with van der Waals surface area (Å²) in [7, 11) is -6.06. The molecule has 8 nitrogen and oxygen atoms in total. The van der Waals surface area contributed by atoms with Gasteiger partial charge >= 0.3 is 0 Å². The number of carbonyl (C=O) groups is 1. The topological polar surface area (TPSA) is 113 Å². The van der Waals surface area contributed by atoms with Crippen molar-refractivity contribution < 1.29 is 21.6 Å². The third-order valence-corrected chi connectivity index (χ3v) is 9.18. The molecule has 0 aliphatic carbocycles. The molecule has 0 unspecified atom stereocenters. The van der Waals surface area contributed by atoms with Crippen molar-refractivity contribution in [3.8, 4) is 0 Å². The fourth-order valence-corrected chi connectivity index (χ4v) is 6.34. The van der Waals surface area contributed by atoms with Gasteiger partial charge in [0.05, 0.1) is 15.7 Å². The first kappa shape index (κ1) is 24.4. The Bertz CT molecular complexity index is 1240. The number of nitrogens with zero attached hydrogens (tertiary/aromatic N) is 1. The summed E-state index contributed by atoms with van der Waals surface area (Å²) in [5, 5.41) is 2.80. The van der Waals surface area contributed by atoms with Crippen molar-refractivity contribution in [3.05, 3.63) is 53.1 Å². The summed E-state index contributed by atoms with van der Waals surface area (Å²) in [6, 6.07) is 9.81. The van der Waals surface area contributed by atoms with Crippen LogP contribution in [0, 0.1) is 26.7 Å². The maximum Gasteiger partial charge on any atom is 0.243 e. The Kier molecular flexibility index (Phi) is 7.09. The van der Waals surface area contributed by atoms with E-state index in [1.807, 2.05) is 13.0 Å². The van der Waals surface area contributed by atoms with Crippen molar-refractivity contribution in [2.45, 2.75) is 43.4 Å². The summed E-state index contributed by atoms with van der Waals surface area (Å²) in [6.07, 6.45) is 1.12. The maximum atomic E-state index is 13.2. The first-order chi connectivity index (χ1) is 15.0. The van der Waals surface area contributed by atoms with E-state index in [1.54, 1.807) is 32.0 Å². The number of benzene rings is 2. The average Bonchev–Trinajstić information content (AvgIpc) is 2.76. The molecule has 1 fully saturated rings. The molecule has 0 aromatic heterocycles. The Morgan fingerprint density at radius 3 is 2.38 bits per heavy atom. The molecule has 32 heavy (non-hydrogen) atoms. The van der Waals surface area contributed by atoms with Crippen LogP contribution in [0.25, 0.3) is 0 Å². The predicted molar refractivity (Wildman–Crippen MR) is 123 cm³/mol. The SMILES string of the molecule is CNS(=O)(=O)c1ccc(C)c(NC(=O)[C@H]2CCCN(S(=O)(=O)c3cc(C)ccc3C)C2)c1. The number of nitrogens with one attached hydrogen (secondary N) is 2. The van der Waals surface area contributed by atoms with Gasteiger partial charge in [-0.1, -0.05) is 18.2 Å². The molecule has 0 spiro atoms. The molecule has 0 bridgehead atoms. The van der Waals surface area contributed by atoms with Crippen molar-refractivity contribution in [1.29, 1.82) is 0 Å². The van der Waals surface area contributed by atoms with Gasteiger partial charge in [-0.15, -0.1) is 0 Å². The van der Waals surface area contributed by atoms with Crippen LogP contribution in [0.3, 0.4) is 0 Å². The van der Waals surface area contributed by atoms with E-state index in [4.69, 9.17) is 0 Å². The fourth-order valence-electron chi connectivity index (χ4n) is 3.75. The van der Waals surface area contributed by atoms with Crippen LogP contribution in [0.5, 0.6) is 0 Å². The molecule has 1 aliphatic heterocycles. The molecule has 1 heterocycles. The molecule has 174 valence electrons. The van der Waals surface area contributed by atoms with Crippen LogP contribution in [-0.4, -0.2) is 47.2 Å². The molecule has 3 rings (SSSR count). The summed E-state index contributed by atoms with van der Waals surface area (Å²) in [5.74, 6) is -0.861.